The van der Waals surface area contributed by atoms with E-state index in [0.717, 1.165) is 10.6 Å². The first-order valence-corrected chi connectivity index (χ1v) is 6.13. The van der Waals surface area contributed by atoms with Gasteiger partial charge in [0, 0.05) is 12.7 Å². The lowest BCUT2D eigenvalue weighted by atomic mass is 10.2. The van der Waals surface area contributed by atoms with Gasteiger partial charge in [-0.05, 0) is 0 Å². The van der Waals surface area contributed by atoms with Crippen LogP contribution in [0.15, 0.2) is 30.3 Å². The maximum absolute atomic E-state index is 11.6. The molecular weight excluding hydrogens is 250 g/mol. The van der Waals surface area contributed by atoms with Crippen molar-refractivity contribution in [1.29, 1.82) is 0 Å². The summed E-state index contributed by atoms with van der Waals surface area (Å²) in [7, 11) is 1.56. The highest BCUT2D eigenvalue weighted by Crippen LogP contribution is 2.28. The predicted molar refractivity (Wildman–Crippen MR) is 69.9 cm³/mol. The van der Waals surface area contributed by atoms with Crippen LogP contribution in [0.4, 0.5) is 0 Å². The first-order valence-electron chi connectivity index (χ1n) is 5.31. The van der Waals surface area contributed by atoms with Crippen molar-refractivity contribution in [2.45, 2.75) is 6.61 Å². The number of ether oxygens (including phenoxy) is 1. The van der Waals surface area contributed by atoms with Crippen LogP contribution in [0.5, 0.6) is 0 Å². The van der Waals surface area contributed by atoms with Crippen LogP contribution < -0.4 is 11.3 Å². The van der Waals surface area contributed by atoms with Gasteiger partial charge in [0.1, 0.15) is 9.88 Å². The molecule has 1 heterocycles. The smallest absolute Gasteiger partial charge is 0.277 e. The molecule has 1 aromatic heterocycles. The molecule has 0 radical (unpaired) electrons. The van der Waals surface area contributed by atoms with Crippen molar-refractivity contribution in [3.05, 3.63) is 40.9 Å². The Morgan fingerprint density at radius 1 is 1.44 bits per heavy atom. The summed E-state index contributed by atoms with van der Waals surface area (Å²) < 4.78 is 5.04. The second-order valence-electron chi connectivity index (χ2n) is 3.57. The minimum atomic E-state index is -0.346. The Balaban J connectivity index is 2.42. The first kappa shape index (κ1) is 12.7. The first-order chi connectivity index (χ1) is 8.76. The van der Waals surface area contributed by atoms with Gasteiger partial charge < -0.3 is 4.74 Å². The van der Waals surface area contributed by atoms with Crippen LogP contribution in [-0.4, -0.2) is 18.0 Å². The van der Waals surface area contributed by atoms with Gasteiger partial charge in [-0.15, -0.1) is 11.3 Å². The lowest BCUT2D eigenvalue weighted by Crippen LogP contribution is -2.30. The van der Waals surface area contributed by atoms with E-state index in [-0.39, 0.29) is 12.5 Å². The number of hydrogen-bond donors (Lipinski definition) is 2. The molecule has 0 bridgehead atoms. The van der Waals surface area contributed by atoms with Crippen molar-refractivity contribution in [3.8, 4) is 10.6 Å². The predicted octanol–water partition coefficient (Wildman–Crippen LogP) is 1.56. The van der Waals surface area contributed by atoms with Crippen molar-refractivity contribution in [2.24, 2.45) is 5.84 Å². The van der Waals surface area contributed by atoms with E-state index in [2.05, 4.69) is 10.4 Å². The topological polar surface area (TPSA) is 77.2 Å². The van der Waals surface area contributed by atoms with Gasteiger partial charge in [0.25, 0.3) is 5.91 Å². The Bertz CT molecular complexity index is 540. The molecule has 0 saturated heterocycles. The molecular formula is C12H13N3O2S. The fraction of sp³-hybridized carbons (Fsp3) is 0.167. The van der Waals surface area contributed by atoms with Crippen molar-refractivity contribution in [2.75, 3.05) is 7.11 Å². The summed E-state index contributed by atoms with van der Waals surface area (Å²) >= 11 is 1.30. The molecule has 1 amide bonds. The number of thiazole rings is 1. The summed E-state index contributed by atoms with van der Waals surface area (Å²) in [6.07, 6.45) is 0. The van der Waals surface area contributed by atoms with Crippen LogP contribution in [0.25, 0.3) is 10.6 Å². The third kappa shape index (κ3) is 2.56. The van der Waals surface area contributed by atoms with E-state index in [1.165, 1.54) is 11.3 Å². The molecule has 0 aliphatic heterocycles. The zero-order chi connectivity index (χ0) is 13.0. The van der Waals surface area contributed by atoms with Gasteiger partial charge in [-0.3, -0.25) is 10.2 Å². The fourth-order valence-electron chi connectivity index (χ4n) is 1.53. The number of methoxy groups -OCH3 is 1. The molecule has 0 spiro atoms. The van der Waals surface area contributed by atoms with Gasteiger partial charge in [0.2, 0.25) is 0 Å². The molecule has 5 nitrogen and oxygen atoms in total. The van der Waals surface area contributed by atoms with Gasteiger partial charge in [-0.2, -0.15) is 0 Å². The van der Waals surface area contributed by atoms with E-state index >= 15 is 0 Å². The molecule has 3 N–H and O–H groups in total. The number of nitrogens with zero attached hydrogens (tertiary/aromatic N) is 1. The summed E-state index contributed by atoms with van der Waals surface area (Å²) in [5.41, 5.74) is 3.69. The third-order valence-corrected chi connectivity index (χ3v) is 3.48. The number of nitrogens with two attached hydrogens (primary N) is 1. The number of rotatable bonds is 4. The van der Waals surface area contributed by atoms with E-state index in [9.17, 15) is 4.79 Å². The lowest BCUT2D eigenvalue weighted by molar-refractivity contribution is 0.0952. The van der Waals surface area contributed by atoms with E-state index in [1.807, 2.05) is 30.3 Å². The van der Waals surface area contributed by atoms with Crippen molar-refractivity contribution >= 4 is 17.2 Å². The Morgan fingerprint density at radius 3 is 2.78 bits per heavy atom. The molecule has 0 saturated carbocycles. The van der Waals surface area contributed by atoms with E-state index in [1.54, 1.807) is 7.11 Å². The average molecular weight is 263 g/mol. The summed E-state index contributed by atoms with van der Waals surface area (Å²) in [6.45, 7) is 0.284. The Labute approximate surface area is 109 Å². The van der Waals surface area contributed by atoms with Gasteiger partial charge in [0.15, 0.2) is 0 Å². The highest BCUT2D eigenvalue weighted by atomic mass is 32.1. The van der Waals surface area contributed by atoms with Crippen LogP contribution in [0.3, 0.4) is 0 Å². The Kier molecular flexibility index (Phi) is 4.03. The highest BCUT2D eigenvalue weighted by Gasteiger charge is 2.17. The number of carbonyl (C=O) groups excluding carboxylic acids is 1. The molecule has 0 fully saturated rings. The zero-order valence-corrected chi connectivity index (χ0v) is 10.7. The summed E-state index contributed by atoms with van der Waals surface area (Å²) in [5.74, 6) is 4.81. The van der Waals surface area contributed by atoms with Gasteiger partial charge >= 0.3 is 0 Å². The molecule has 2 aromatic rings. The van der Waals surface area contributed by atoms with Crippen LogP contribution in [-0.2, 0) is 11.3 Å². The number of benzene rings is 1. The number of carbonyl (C=O) groups is 1. The maximum Gasteiger partial charge on any atom is 0.277 e. The maximum atomic E-state index is 11.6. The molecule has 1 aromatic carbocycles. The summed E-state index contributed by atoms with van der Waals surface area (Å²) in [5, 5.41) is 0.779. The standard InChI is InChI=1S/C12H13N3O2S/c1-17-7-9-10(11(16)15-13)18-12(14-9)8-5-3-2-4-6-8/h2-6H,7,13H2,1H3,(H,15,16). The van der Waals surface area contributed by atoms with Gasteiger partial charge in [-0.1, -0.05) is 30.3 Å². The monoisotopic (exact) mass is 263 g/mol. The average Bonchev–Trinajstić information content (AvgIpc) is 2.83. The van der Waals surface area contributed by atoms with Gasteiger partial charge in [-0.25, -0.2) is 10.8 Å². The zero-order valence-electron chi connectivity index (χ0n) is 9.84. The largest absolute Gasteiger partial charge is 0.378 e. The molecule has 18 heavy (non-hydrogen) atoms. The Morgan fingerprint density at radius 2 is 2.17 bits per heavy atom. The van der Waals surface area contributed by atoms with E-state index in [0.29, 0.717) is 10.6 Å². The molecule has 0 atom stereocenters. The second kappa shape index (κ2) is 5.72. The molecule has 94 valence electrons. The van der Waals surface area contributed by atoms with Crippen molar-refractivity contribution in [3.63, 3.8) is 0 Å². The molecule has 0 unspecified atom stereocenters. The van der Waals surface area contributed by atoms with Crippen LogP contribution >= 0.6 is 11.3 Å². The fourth-order valence-corrected chi connectivity index (χ4v) is 2.51. The minimum Gasteiger partial charge on any atom is -0.378 e. The van der Waals surface area contributed by atoms with Crippen LogP contribution in [0.1, 0.15) is 15.4 Å². The molecule has 6 heteroatoms. The van der Waals surface area contributed by atoms with Crippen molar-refractivity contribution < 1.29 is 9.53 Å². The minimum absolute atomic E-state index is 0.284. The summed E-state index contributed by atoms with van der Waals surface area (Å²) in [4.78, 5) is 16.5. The molecule has 0 aliphatic carbocycles. The van der Waals surface area contributed by atoms with Crippen molar-refractivity contribution in [1.82, 2.24) is 10.4 Å². The quantitative estimate of drug-likeness (QED) is 0.498. The normalized spacial score (nSPS) is 10.3. The number of nitrogens with one attached hydrogen (secondary N) is 1. The second-order valence-corrected chi connectivity index (χ2v) is 4.57. The molecule has 0 aliphatic rings. The summed E-state index contributed by atoms with van der Waals surface area (Å²) in [6, 6.07) is 9.67. The highest BCUT2D eigenvalue weighted by molar-refractivity contribution is 7.17. The van der Waals surface area contributed by atoms with E-state index < -0.39 is 0 Å². The van der Waals surface area contributed by atoms with Gasteiger partial charge in [0.05, 0.1) is 12.3 Å². The lowest BCUT2D eigenvalue weighted by Gasteiger charge is -1.98. The Hall–Kier alpha value is -1.76. The third-order valence-electron chi connectivity index (χ3n) is 2.34. The van der Waals surface area contributed by atoms with Crippen LogP contribution in [0.2, 0.25) is 0 Å². The number of nitrogen functional groups attached to an aromatic ring is 1. The van der Waals surface area contributed by atoms with Crippen LogP contribution in [0, 0.1) is 0 Å². The molecule has 2 rings (SSSR count). The number of hydrazine groups is 1. The number of aromatic nitrogens is 1. The number of hydrogen-bond acceptors (Lipinski definition) is 5. The SMILES string of the molecule is COCc1nc(-c2ccccc2)sc1C(=O)NN. The number of amides is 1. The van der Waals surface area contributed by atoms with E-state index in [4.69, 9.17) is 10.6 Å².